The molecule has 1 atom stereocenters. The molecule has 1 N–H and O–H groups in total. The standard InChI is InChI=1S/C14H13ClO4S/c1-20(18,19)14(15)8-7-11(12(9-14)13(16)17)10-5-3-2-4-6-10/h2-8H,9H2,1H3,(H,16,17). The number of alkyl halides is 1. The van der Waals surface area contributed by atoms with Gasteiger partial charge in [-0.1, -0.05) is 48.0 Å². The SMILES string of the molecule is CS(=O)(=O)C1(Cl)C=CC(c2ccccc2)=C(C(=O)O)C1. The van der Waals surface area contributed by atoms with Gasteiger partial charge >= 0.3 is 5.97 Å². The largest absolute Gasteiger partial charge is 0.478 e. The first-order chi connectivity index (χ1) is 9.24. The van der Waals surface area contributed by atoms with E-state index in [1.807, 2.05) is 6.07 Å². The van der Waals surface area contributed by atoms with Crippen molar-refractivity contribution < 1.29 is 18.3 Å². The molecule has 1 aliphatic rings. The summed E-state index contributed by atoms with van der Waals surface area (Å²) in [5.41, 5.74) is 1.20. The predicted molar refractivity (Wildman–Crippen MR) is 78.2 cm³/mol. The van der Waals surface area contributed by atoms with Crippen LogP contribution in [0, 0.1) is 0 Å². The van der Waals surface area contributed by atoms with Crippen LogP contribution in [0.5, 0.6) is 0 Å². The van der Waals surface area contributed by atoms with E-state index in [1.165, 1.54) is 12.2 Å². The lowest BCUT2D eigenvalue weighted by Gasteiger charge is -2.26. The number of benzene rings is 1. The van der Waals surface area contributed by atoms with E-state index in [2.05, 4.69) is 0 Å². The van der Waals surface area contributed by atoms with E-state index in [9.17, 15) is 18.3 Å². The minimum atomic E-state index is -3.62. The Kier molecular flexibility index (Phi) is 3.75. The summed E-state index contributed by atoms with van der Waals surface area (Å²) in [6.07, 6.45) is 3.55. The maximum atomic E-state index is 11.7. The van der Waals surface area contributed by atoms with Gasteiger partial charge in [-0.3, -0.25) is 0 Å². The van der Waals surface area contributed by atoms with Gasteiger partial charge < -0.3 is 5.11 Å². The summed E-state index contributed by atoms with van der Waals surface area (Å²) in [7, 11) is -3.62. The molecule has 6 heteroatoms. The molecule has 0 radical (unpaired) electrons. The van der Waals surface area contributed by atoms with Crippen molar-refractivity contribution >= 4 is 33.0 Å². The van der Waals surface area contributed by atoms with E-state index in [-0.39, 0.29) is 12.0 Å². The van der Waals surface area contributed by atoms with Gasteiger partial charge in [0.25, 0.3) is 0 Å². The smallest absolute Gasteiger partial charge is 0.332 e. The monoisotopic (exact) mass is 312 g/mol. The van der Waals surface area contributed by atoms with E-state index in [1.54, 1.807) is 24.3 Å². The number of carboxylic acids is 1. The highest BCUT2D eigenvalue weighted by atomic mass is 35.5. The van der Waals surface area contributed by atoms with Gasteiger partial charge in [0.2, 0.25) is 0 Å². The number of sulfone groups is 1. The van der Waals surface area contributed by atoms with Crippen LogP contribution >= 0.6 is 11.6 Å². The second-order valence-corrected chi connectivity index (χ2v) is 7.80. The number of halogens is 1. The fourth-order valence-electron chi connectivity index (χ4n) is 2.04. The molecule has 106 valence electrons. The van der Waals surface area contributed by atoms with Gasteiger partial charge in [-0.05, 0) is 17.2 Å². The summed E-state index contributed by atoms with van der Waals surface area (Å²) in [6.45, 7) is 0. The lowest BCUT2D eigenvalue weighted by Crippen LogP contribution is -2.33. The Hall–Kier alpha value is -1.59. The Morgan fingerprint density at radius 3 is 2.40 bits per heavy atom. The molecule has 0 amide bonds. The second kappa shape index (κ2) is 5.07. The molecule has 20 heavy (non-hydrogen) atoms. The predicted octanol–water partition coefficient (Wildman–Crippen LogP) is 2.46. The quantitative estimate of drug-likeness (QED) is 0.870. The third kappa shape index (κ3) is 2.64. The number of allylic oxidation sites excluding steroid dienone is 2. The van der Waals surface area contributed by atoms with E-state index >= 15 is 0 Å². The van der Waals surface area contributed by atoms with E-state index in [0.29, 0.717) is 11.1 Å². The molecule has 0 aliphatic heterocycles. The van der Waals surface area contributed by atoms with Gasteiger partial charge in [-0.2, -0.15) is 0 Å². The summed E-state index contributed by atoms with van der Waals surface area (Å²) in [5, 5.41) is 9.32. The summed E-state index contributed by atoms with van der Waals surface area (Å²) < 4.78 is 21.7. The van der Waals surface area contributed by atoms with Crippen LogP contribution in [-0.4, -0.2) is 30.0 Å². The highest BCUT2D eigenvalue weighted by molar-refractivity contribution is 7.93. The van der Waals surface area contributed by atoms with Gasteiger partial charge in [0, 0.05) is 18.2 Å². The number of rotatable bonds is 3. The van der Waals surface area contributed by atoms with Crippen molar-refractivity contribution in [3.8, 4) is 0 Å². The van der Waals surface area contributed by atoms with Crippen LogP contribution in [0.25, 0.3) is 5.57 Å². The zero-order valence-corrected chi connectivity index (χ0v) is 12.3. The first kappa shape index (κ1) is 14.8. The molecule has 0 saturated carbocycles. The van der Waals surface area contributed by atoms with Crippen molar-refractivity contribution in [2.45, 2.75) is 10.6 Å². The summed E-state index contributed by atoms with van der Waals surface area (Å²) in [4.78, 5) is 11.4. The highest BCUT2D eigenvalue weighted by Gasteiger charge is 2.41. The average molecular weight is 313 g/mol. The molecule has 0 spiro atoms. The Bertz CT molecular complexity index is 704. The van der Waals surface area contributed by atoms with Crippen molar-refractivity contribution in [3.63, 3.8) is 0 Å². The summed E-state index contributed by atoms with van der Waals surface area (Å²) >= 11 is 6.07. The summed E-state index contributed by atoms with van der Waals surface area (Å²) in [6, 6.07) is 8.93. The van der Waals surface area contributed by atoms with Gasteiger partial charge in [0.15, 0.2) is 14.0 Å². The first-order valence-corrected chi connectivity index (χ1v) is 8.11. The van der Waals surface area contributed by atoms with Crippen molar-refractivity contribution in [3.05, 3.63) is 53.6 Å². The molecule has 2 rings (SSSR count). The highest BCUT2D eigenvalue weighted by Crippen LogP contribution is 2.39. The van der Waals surface area contributed by atoms with E-state index in [4.69, 9.17) is 11.6 Å². The average Bonchev–Trinajstić information content (AvgIpc) is 2.38. The van der Waals surface area contributed by atoms with Crippen LogP contribution in [-0.2, 0) is 14.6 Å². The van der Waals surface area contributed by atoms with Crippen LogP contribution in [0.1, 0.15) is 12.0 Å². The number of hydrogen-bond donors (Lipinski definition) is 1. The molecule has 1 unspecified atom stereocenters. The lowest BCUT2D eigenvalue weighted by molar-refractivity contribution is -0.132. The molecule has 1 aromatic rings. The second-order valence-electron chi connectivity index (χ2n) is 4.63. The molecule has 0 aromatic heterocycles. The van der Waals surface area contributed by atoms with Gasteiger partial charge in [0.05, 0.1) is 0 Å². The van der Waals surface area contributed by atoms with Gasteiger partial charge in [-0.15, -0.1) is 0 Å². The topological polar surface area (TPSA) is 71.4 Å². The van der Waals surface area contributed by atoms with E-state index < -0.39 is 20.0 Å². The number of aliphatic carboxylic acids is 1. The minimum Gasteiger partial charge on any atom is -0.478 e. The van der Waals surface area contributed by atoms with Gasteiger partial charge in [-0.25, -0.2) is 13.2 Å². The maximum absolute atomic E-state index is 11.7. The lowest BCUT2D eigenvalue weighted by atomic mass is 9.92. The number of carboxylic acid groups (broad SMARTS) is 1. The van der Waals surface area contributed by atoms with Crippen LogP contribution in [0.2, 0.25) is 0 Å². The van der Waals surface area contributed by atoms with Crippen LogP contribution in [0.3, 0.4) is 0 Å². The van der Waals surface area contributed by atoms with Crippen LogP contribution in [0.15, 0.2) is 48.1 Å². The third-order valence-corrected chi connectivity index (χ3v) is 5.81. The fourth-order valence-corrected chi connectivity index (χ4v) is 2.96. The number of carbonyl (C=O) groups is 1. The summed E-state index contributed by atoms with van der Waals surface area (Å²) in [5.74, 6) is -1.16. The molecule has 1 aromatic carbocycles. The van der Waals surface area contributed by atoms with E-state index in [0.717, 1.165) is 6.26 Å². The van der Waals surface area contributed by atoms with Crippen molar-refractivity contribution in [1.82, 2.24) is 0 Å². The molecule has 4 nitrogen and oxygen atoms in total. The Labute approximate surface area is 122 Å². The molecular formula is C14H13ClO4S. The molecule has 0 heterocycles. The Morgan fingerprint density at radius 1 is 1.30 bits per heavy atom. The third-order valence-electron chi connectivity index (χ3n) is 3.20. The molecular weight excluding hydrogens is 300 g/mol. The van der Waals surface area contributed by atoms with Crippen LogP contribution < -0.4 is 0 Å². The van der Waals surface area contributed by atoms with Crippen molar-refractivity contribution in [2.24, 2.45) is 0 Å². The van der Waals surface area contributed by atoms with Gasteiger partial charge in [0.1, 0.15) is 0 Å². The first-order valence-electron chi connectivity index (χ1n) is 5.84. The van der Waals surface area contributed by atoms with Crippen LogP contribution in [0.4, 0.5) is 0 Å². The zero-order valence-electron chi connectivity index (χ0n) is 10.7. The Balaban J connectivity index is 2.56. The molecule has 0 fully saturated rings. The molecule has 1 aliphatic carbocycles. The minimum absolute atomic E-state index is 0.000810. The van der Waals surface area contributed by atoms with Crippen molar-refractivity contribution in [1.29, 1.82) is 0 Å². The zero-order chi connectivity index (χ0) is 15.0. The fraction of sp³-hybridized carbons (Fsp3) is 0.214. The normalized spacial score (nSPS) is 22.9. The molecule has 0 bridgehead atoms. The number of hydrogen-bond acceptors (Lipinski definition) is 3. The van der Waals surface area contributed by atoms with Crippen molar-refractivity contribution in [2.75, 3.05) is 6.26 Å². The molecule has 0 saturated heterocycles. The maximum Gasteiger partial charge on any atom is 0.332 e. The Morgan fingerprint density at radius 2 is 1.90 bits per heavy atom.